The highest BCUT2D eigenvalue weighted by atomic mass is 35.5. The number of benzene rings is 1. The SMILES string of the molecule is CC(CC1CCN(C(=O)O)CC1)CC(C)Oc1ccc(C(=O)N(C)C)c(Cl)c1. The Morgan fingerprint density at radius 1 is 1.29 bits per heavy atom. The highest BCUT2D eigenvalue weighted by Gasteiger charge is 2.24. The summed E-state index contributed by atoms with van der Waals surface area (Å²) in [6, 6.07) is 5.18. The van der Waals surface area contributed by atoms with Crippen molar-refractivity contribution in [2.45, 2.75) is 45.6 Å². The van der Waals surface area contributed by atoms with Crippen molar-refractivity contribution < 1.29 is 19.4 Å². The number of piperidine rings is 1. The molecule has 2 unspecified atom stereocenters. The molecule has 0 saturated carbocycles. The van der Waals surface area contributed by atoms with Crippen LogP contribution in [0.4, 0.5) is 4.79 Å². The Labute approximate surface area is 172 Å². The summed E-state index contributed by atoms with van der Waals surface area (Å²) in [4.78, 5) is 26.0. The lowest BCUT2D eigenvalue weighted by atomic mass is 9.86. The maximum absolute atomic E-state index is 12.1. The Morgan fingerprint density at radius 2 is 1.93 bits per heavy atom. The predicted molar refractivity (Wildman–Crippen MR) is 110 cm³/mol. The Kier molecular flexibility index (Phi) is 7.98. The van der Waals surface area contributed by atoms with Crippen molar-refractivity contribution in [3.8, 4) is 5.75 Å². The third-order valence-electron chi connectivity index (χ3n) is 5.27. The maximum Gasteiger partial charge on any atom is 0.407 e. The van der Waals surface area contributed by atoms with Crippen LogP contribution in [0.1, 0.15) is 49.9 Å². The number of halogens is 1. The lowest BCUT2D eigenvalue weighted by Crippen LogP contribution is -2.37. The van der Waals surface area contributed by atoms with Gasteiger partial charge in [-0.05, 0) is 62.6 Å². The number of carboxylic acid groups (broad SMARTS) is 1. The van der Waals surface area contributed by atoms with Crippen LogP contribution in [0.2, 0.25) is 5.02 Å². The number of hydrogen-bond acceptors (Lipinski definition) is 3. The molecule has 2 amide bonds. The normalized spacial score (nSPS) is 17.1. The van der Waals surface area contributed by atoms with E-state index in [2.05, 4.69) is 6.92 Å². The second kappa shape index (κ2) is 10.0. The fraction of sp³-hybridized carbons (Fsp3) is 0.619. The maximum atomic E-state index is 12.1. The average Bonchev–Trinajstić information content (AvgIpc) is 2.61. The molecule has 0 aliphatic carbocycles. The van der Waals surface area contributed by atoms with Gasteiger partial charge in [-0.25, -0.2) is 4.79 Å². The minimum atomic E-state index is -0.814. The first-order chi connectivity index (χ1) is 13.2. The highest BCUT2D eigenvalue weighted by Crippen LogP contribution is 2.28. The Bertz CT molecular complexity index is 687. The number of rotatable bonds is 7. The molecule has 0 aromatic heterocycles. The zero-order valence-electron chi connectivity index (χ0n) is 17.2. The summed E-state index contributed by atoms with van der Waals surface area (Å²) in [5.74, 6) is 1.59. The Morgan fingerprint density at radius 3 is 2.46 bits per heavy atom. The van der Waals surface area contributed by atoms with E-state index in [1.165, 1.54) is 9.80 Å². The first kappa shape index (κ1) is 22.3. The molecule has 2 atom stereocenters. The van der Waals surface area contributed by atoms with Crippen LogP contribution in [0.25, 0.3) is 0 Å². The van der Waals surface area contributed by atoms with Gasteiger partial charge in [0.05, 0.1) is 16.7 Å². The number of amides is 2. The molecule has 0 bridgehead atoms. The fourth-order valence-electron chi connectivity index (χ4n) is 3.86. The summed E-state index contributed by atoms with van der Waals surface area (Å²) in [6.07, 6.45) is 3.07. The first-order valence-electron chi connectivity index (χ1n) is 9.83. The van der Waals surface area contributed by atoms with Crippen molar-refractivity contribution in [1.82, 2.24) is 9.80 Å². The van der Waals surface area contributed by atoms with Gasteiger partial charge in [0.15, 0.2) is 0 Å². The number of ether oxygens (including phenoxy) is 1. The van der Waals surface area contributed by atoms with E-state index >= 15 is 0 Å². The van der Waals surface area contributed by atoms with Crippen LogP contribution in [0, 0.1) is 11.8 Å². The molecule has 1 aromatic rings. The van der Waals surface area contributed by atoms with Gasteiger partial charge >= 0.3 is 6.09 Å². The summed E-state index contributed by atoms with van der Waals surface area (Å²) < 4.78 is 6.00. The smallest absolute Gasteiger partial charge is 0.407 e. The predicted octanol–water partition coefficient (Wildman–Crippen LogP) is 4.62. The van der Waals surface area contributed by atoms with Crippen LogP contribution >= 0.6 is 11.6 Å². The topological polar surface area (TPSA) is 70.1 Å². The lowest BCUT2D eigenvalue weighted by Gasteiger charge is -2.31. The van der Waals surface area contributed by atoms with Crippen molar-refractivity contribution in [2.75, 3.05) is 27.2 Å². The Hall–Kier alpha value is -1.95. The summed E-state index contributed by atoms with van der Waals surface area (Å²) in [5.41, 5.74) is 0.466. The van der Waals surface area contributed by atoms with E-state index < -0.39 is 6.09 Å². The molecule has 7 heteroatoms. The van der Waals surface area contributed by atoms with Crippen LogP contribution in [0.15, 0.2) is 18.2 Å². The second-order valence-corrected chi connectivity index (χ2v) is 8.47. The summed E-state index contributed by atoms with van der Waals surface area (Å²) in [6.45, 7) is 5.52. The molecule has 28 heavy (non-hydrogen) atoms. The van der Waals surface area contributed by atoms with Crippen LogP contribution in [0.3, 0.4) is 0 Å². The largest absolute Gasteiger partial charge is 0.491 e. The van der Waals surface area contributed by atoms with Gasteiger partial charge in [-0.3, -0.25) is 4.79 Å². The van der Waals surface area contributed by atoms with Gasteiger partial charge in [-0.15, -0.1) is 0 Å². The molecule has 0 radical (unpaired) electrons. The monoisotopic (exact) mass is 410 g/mol. The van der Waals surface area contributed by atoms with Crippen molar-refractivity contribution in [1.29, 1.82) is 0 Å². The van der Waals surface area contributed by atoms with Crippen LogP contribution < -0.4 is 4.74 Å². The minimum Gasteiger partial charge on any atom is -0.491 e. The van der Waals surface area contributed by atoms with E-state index in [0.29, 0.717) is 41.3 Å². The van der Waals surface area contributed by atoms with Crippen LogP contribution in [-0.4, -0.2) is 60.2 Å². The molecule has 1 aliphatic heterocycles. The average molecular weight is 411 g/mol. The third kappa shape index (κ3) is 6.30. The van der Waals surface area contributed by atoms with E-state index in [-0.39, 0.29) is 12.0 Å². The van der Waals surface area contributed by atoms with Gasteiger partial charge in [0.25, 0.3) is 5.91 Å². The molecule has 1 fully saturated rings. The van der Waals surface area contributed by atoms with Gasteiger partial charge in [0, 0.05) is 27.2 Å². The van der Waals surface area contributed by atoms with Crippen molar-refractivity contribution in [2.24, 2.45) is 11.8 Å². The molecular formula is C21H31ClN2O4. The van der Waals surface area contributed by atoms with Crippen molar-refractivity contribution >= 4 is 23.6 Å². The van der Waals surface area contributed by atoms with Gasteiger partial charge in [0.1, 0.15) is 5.75 Å². The summed E-state index contributed by atoms with van der Waals surface area (Å²) >= 11 is 6.25. The second-order valence-electron chi connectivity index (χ2n) is 8.06. The highest BCUT2D eigenvalue weighted by molar-refractivity contribution is 6.34. The molecule has 6 nitrogen and oxygen atoms in total. The standard InChI is InChI=1S/C21H31ClN2O4/c1-14(12-16-7-9-24(10-8-16)21(26)27)11-15(2)28-17-5-6-18(19(22)13-17)20(25)23(3)4/h5-6,13-16H,7-12H2,1-4H3,(H,26,27). The molecule has 1 saturated heterocycles. The number of likely N-dealkylation sites (tertiary alicyclic amines) is 1. The first-order valence-corrected chi connectivity index (χ1v) is 10.2. The molecule has 0 spiro atoms. The van der Waals surface area contributed by atoms with Crippen molar-refractivity contribution in [3.05, 3.63) is 28.8 Å². The van der Waals surface area contributed by atoms with E-state index in [9.17, 15) is 9.59 Å². The zero-order valence-corrected chi connectivity index (χ0v) is 17.9. The molecule has 1 aliphatic rings. The van der Waals surface area contributed by atoms with Crippen LogP contribution in [0.5, 0.6) is 5.75 Å². The molecular weight excluding hydrogens is 380 g/mol. The van der Waals surface area contributed by atoms with Crippen LogP contribution in [-0.2, 0) is 0 Å². The summed E-state index contributed by atoms with van der Waals surface area (Å²) in [5, 5.41) is 9.43. The third-order valence-corrected chi connectivity index (χ3v) is 5.58. The van der Waals surface area contributed by atoms with Gasteiger partial charge in [-0.1, -0.05) is 18.5 Å². The van der Waals surface area contributed by atoms with E-state index in [0.717, 1.165) is 25.7 Å². The zero-order chi connectivity index (χ0) is 20.8. The number of carbonyl (C=O) groups excluding carboxylic acids is 1. The fourth-order valence-corrected chi connectivity index (χ4v) is 4.11. The van der Waals surface area contributed by atoms with Gasteiger partial charge in [0.2, 0.25) is 0 Å². The lowest BCUT2D eigenvalue weighted by molar-refractivity contribution is 0.0827. The molecule has 1 N–H and O–H groups in total. The van der Waals surface area contributed by atoms with E-state index in [4.69, 9.17) is 21.4 Å². The molecule has 1 aromatic carbocycles. The molecule has 156 valence electrons. The van der Waals surface area contributed by atoms with E-state index in [1.54, 1.807) is 32.3 Å². The van der Waals surface area contributed by atoms with E-state index in [1.807, 2.05) is 6.92 Å². The quantitative estimate of drug-likeness (QED) is 0.712. The van der Waals surface area contributed by atoms with Gasteiger partial charge in [-0.2, -0.15) is 0 Å². The summed E-state index contributed by atoms with van der Waals surface area (Å²) in [7, 11) is 3.39. The number of hydrogen-bond donors (Lipinski definition) is 1. The van der Waals surface area contributed by atoms with Crippen molar-refractivity contribution in [3.63, 3.8) is 0 Å². The minimum absolute atomic E-state index is 0.0283. The number of nitrogens with zero attached hydrogens (tertiary/aromatic N) is 2. The number of carbonyl (C=O) groups is 2. The molecule has 2 rings (SSSR count). The molecule has 1 heterocycles. The Balaban J connectivity index is 1.81. The van der Waals surface area contributed by atoms with Gasteiger partial charge < -0.3 is 19.6 Å².